The monoisotopic (exact) mass is 186 g/mol. The molecule has 0 saturated carbocycles. The molecule has 2 nitrogen and oxygen atoms in total. The Morgan fingerprint density at radius 1 is 1.15 bits per heavy atom. The molecule has 0 bridgehead atoms. The minimum absolute atomic E-state index is 0. The van der Waals surface area contributed by atoms with Crippen molar-refractivity contribution in [3.8, 4) is 0 Å². The number of aliphatic carboxylic acids is 1. The van der Waals surface area contributed by atoms with E-state index in [1.54, 1.807) is 0 Å². The molecule has 0 rings (SSSR count). The maximum Gasteiger partial charge on any atom is 0.303 e. The molecule has 0 spiro atoms. The van der Waals surface area contributed by atoms with Crippen LogP contribution in [0.15, 0.2) is 0 Å². The van der Waals surface area contributed by atoms with Crippen molar-refractivity contribution in [2.45, 2.75) is 52.9 Å². The van der Waals surface area contributed by atoms with Gasteiger partial charge in [-0.25, -0.2) is 0 Å². The summed E-state index contributed by atoms with van der Waals surface area (Å²) in [6, 6.07) is 0. The molecule has 13 heavy (non-hydrogen) atoms. The van der Waals surface area contributed by atoms with Gasteiger partial charge < -0.3 is 5.11 Å². The third-order valence-corrected chi connectivity index (χ3v) is 1.82. The number of hydrogen-bond donors (Lipinski definition) is 1. The molecule has 0 aliphatic heterocycles. The molecule has 0 atom stereocenters. The lowest BCUT2D eigenvalue weighted by Crippen LogP contribution is -2.04. The van der Waals surface area contributed by atoms with Crippen LogP contribution in [0.5, 0.6) is 0 Å². The van der Waals surface area contributed by atoms with Crippen LogP contribution in [-0.4, -0.2) is 19.5 Å². The highest BCUT2D eigenvalue weighted by Gasteiger charge is 2.08. The van der Waals surface area contributed by atoms with Gasteiger partial charge in [-0.3, -0.25) is 4.79 Å². The second-order valence-corrected chi connectivity index (χ2v) is 4.52. The molecular formula is C10H23BO2. The predicted octanol–water partition coefficient (Wildman–Crippen LogP) is 1.88. The van der Waals surface area contributed by atoms with Gasteiger partial charge in [-0.15, -0.1) is 0 Å². The average molecular weight is 186 g/mol. The molecule has 0 aromatic heterocycles. The normalized spacial score (nSPS) is 10.7. The molecule has 0 heterocycles. The van der Waals surface area contributed by atoms with Crippen LogP contribution in [0, 0.1) is 5.41 Å². The van der Waals surface area contributed by atoms with Crippen LogP contribution in [0.2, 0.25) is 0 Å². The highest BCUT2D eigenvalue weighted by atomic mass is 16.4. The van der Waals surface area contributed by atoms with Crippen molar-refractivity contribution in [2.24, 2.45) is 5.41 Å². The van der Waals surface area contributed by atoms with Crippen molar-refractivity contribution >= 4 is 14.4 Å². The van der Waals surface area contributed by atoms with Crippen molar-refractivity contribution < 1.29 is 9.90 Å². The van der Waals surface area contributed by atoms with E-state index >= 15 is 0 Å². The van der Waals surface area contributed by atoms with Crippen LogP contribution in [0.25, 0.3) is 0 Å². The number of unbranched alkanes of at least 4 members (excludes halogenated alkanes) is 2. The van der Waals surface area contributed by atoms with Gasteiger partial charge in [0.15, 0.2) is 0 Å². The lowest BCUT2D eigenvalue weighted by molar-refractivity contribution is -0.137. The van der Waals surface area contributed by atoms with Gasteiger partial charge in [-0.05, 0) is 18.3 Å². The van der Waals surface area contributed by atoms with Gasteiger partial charge in [0.25, 0.3) is 0 Å². The fraction of sp³-hybridized carbons (Fsp3) is 0.900. The molecule has 0 saturated heterocycles. The summed E-state index contributed by atoms with van der Waals surface area (Å²) in [6.07, 6.45) is 4.53. The minimum atomic E-state index is -0.675. The summed E-state index contributed by atoms with van der Waals surface area (Å²) < 4.78 is 0. The van der Waals surface area contributed by atoms with Gasteiger partial charge in [0.05, 0.1) is 8.41 Å². The quantitative estimate of drug-likeness (QED) is 0.525. The molecule has 3 heteroatoms. The second kappa shape index (κ2) is 6.99. The van der Waals surface area contributed by atoms with Crippen molar-refractivity contribution in [1.82, 2.24) is 0 Å². The fourth-order valence-electron chi connectivity index (χ4n) is 1.11. The lowest BCUT2D eigenvalue weighted by Gasteiger charge is -2.17. The third kappa shape index (κ3) is 14.4. The molecule has 78 valence electrons. The molecular weight excluding hydrogens is 163 g/mol. The summed E-state index contributed by atoms with van der Waals surface area (Å²) in [6.45, 7) is 6.64. The van der Waals surface area contributed by atoms with Crippen molar-refractivity contribution in [3.05, 3.63) is 0 Å². The van der Waals surface area contributed by atoms with Crippen LogP contribution in [0.3, 0.4) is 0 Å². The van der Waals surface area contributed by atoms with E-state index < -0.39 is 5.97 Å². The maximum atomic E-state index is 10.2. The summed E-state index contributed by atoms with van der Waals surface area (Å²) in [5, 5.41) is 8.37. The molecule has 0 radical (unpaired) electrons. The summed E-state index contributed by atoms with van der Waals surface area (Å²) in [7, 11) is 0. The standard InChI is InChI=1S/C10H20O2.BH3/c1-10(2,3)8-6-4-5-7-9(11)12;/h4-8H2,1-3H3,(H,11,12);1H3. The first-order valence-electron chi connectivity index (χ1n) is 4.63. The Labute approximate surface area is 83.3 Å². The van der Waals surface area contributed by atoms with Crippen LogP contribution in [0.4, 0.5) is 0 Å². The highest BCUT2D eigenvalue weighted by Crippen LogP contribution is 2.22. The Kier molecular flexibility index (Phi) is 8.08. The Hall–Kier alpha value is -0.465. The zero-order chi connectivity index (χ0) is 9.61. The first kappa shape index (κ1) is 15.0. The van der Waals surface area contributed by atoms with Gasteiger partial charge >= 0.3 is 5.97 Å². The number of rotatable bonds is 5. The molecule has 0 unspecified atom stereocenters. The molecule has 0 amide bonds. The lowest BCUT2D eigenvalue weighted by atomic mass is 9.89. The highest BCUT2D eigenvalue weighted by molar-refractivity contribution is 5.75. The average Bonchev–Trinajstić information content (AvgIpc) is 1.83. The van der Waals surface area contributed by atoms with E-state index in [1.165, 1.54) is 6.42 Å². The molecule has 1 N–H and O–H groups in total. The Balaban J connectivity index is 0. The number of carbonyl (C=O) groups is 1. The largest absolute Gasteiger partial charge is 0.481 e. The summed E-state index contributed by atoms with van der Waals surface area (Å²) in [5.74, 6) is -0.675. The summed E-state index contributed by atoms with van der Waals surface area (Å²) >= 11 is 0. The molecule has 0 fully saturated rings. The van der Waals surface area contributed by atoms with Crippen LogP contribution in [0.1, 0.15) is 52.9 Å². The second-order valence-electron chi connectivity index (χ2n) is 4.52. The van der Waals surface area contributed by atoms with E-state index in [4.69, 9.17) is 5.11 Å². The Morgan fingerprint density at radius 3 is 2.08 bits per heavy atom. The van der Waals surface area contributed by atoms with E-state index in [-0.39, 0.29) is 8.41 Å². The van der Waals surface area contributed by atoms with E-state index in [0.29, 0.717) is 11.8 Å². The molecule has 0 aromatic rings. The van der Waals surface area contributed by atoms with Gasteiger partial charge in [-0.2, -0.15) is 0 Å². The van der Waals surface area contributed by atoms with Crippen molar-refractivity contribution in [2.75, 3.05) is 0 Å². The van der Waals surface area contributed by atoms with E-state index in [2.05, 4.69) is 20.8 Å². The van der Waals surface area contributed by atoms with Crippen LogP contribution >= 0.6 is 0 Å². The SMILES string of the molecule is B.CC(C)(C)CCCCCC(=O)O. The minimum Gasteiger partial charge on any atom is -0.481 e. The number of hydrogen-bond acceptors (Lipinski definition) is 1. The summed E-state index contributed by atoms with van der Waals surface area (Å²) in [4.78, 5) is 10.2. The van der Waals surface area contributed by atoms with Gasteiger partial charge in [-0.1, -0.05) is 33.6 Å². The van der Waals surface area contributed by atoms with E-state index in [0.717, 1.165) is 19.3 Å². The van der Waals surface area contributed by atoms with Gasteiger partial charge in [0.2, 0.25) is 0 Å². The zero-order valence-corrected chi connectivity index (χ0v) is 8.39. The third-order valence-electron chi connectivity index (χ3n) is 1.82. The number of carboxylic acid groups (broad SMARTS) is 1. The first-order chi connectivity index (χ1) is 5.42. The van der Waals surface area contributed by atoms with Gasteiger partial charge in [0.1, 0.15) is 0 Å². The number of carboxylic acids is 1. The zero-order valence-electron chi connectivity index (χ0n) is 8.39. The predicted molar refractivity (Wildman–Crippen MR) is 60.1 cm³/mol. The molecule has 0 aliphatic carbocycles. The van der Waals surface area contributed by atoms with E-state index in [1.807, 2.05) is 0 Å². The van der Waals surface area contributed by atoms with Crippen molar-refractivity contribution in [3.63, 3.8) is 0 Å². The molecule has 0 aliphatic rings. The maximum absolute atomic E-state index is 10.2. The van der Waals surface area contributed by atoms with Crippen LogP contribution < -0.4 is 0 Å². The molecule has 0 aromatic carbocycles. The smallest absolute Gasteiger partial charge is 0.303 e. The van der Waals surface area contributed by atoms with E-state index in [9.17, 15) is 4.79 Å². The Morgan fingerprint density at radius 2 is 1.69 bits per heavy atom. The van der Waals surface area contributed by atoms with Crippen molar-refractivity contribution in [1.29, 1.82) is 0 Å². The Bertz CT molecular complexity index is 138. The topological polar surface area (TPSA) is 37.3 Å². The summed E-state index contributed by atoms with van der Waals surface area (Å²) in [5.41, 5.74) is 0.392. The fourth-order valence-corrected chi connectivity index (χ4v) is 1.11. The first-order valence-corrected chi connectivity index (χ1v) is 4.63. The van der Waals surface area contributed by atoms with Crippen LogP contribution in [-0.2, 0) is 4.79 Å². The van der Waals surface area contributed by atoms with Gasteiger partial charge in [0, 0.05) is 6.42 Å².